The first kappa shape index (κ1) is 17.1. The Morgan fingerprint density at radius 3 is 1.80 bits per heavy atom. The highest BCUT2D eigenvalue weighted by Gasteiger charge is 2.45. The van der Waals surface area contributed by atoms with Gasteiger partial charge in [-0.15, -0.1) is 0 Å². The topological polar surface area (TPSA) is 20.3 Å². The van der Waals surface area contributed by atoms with Gasteiger partial charge in [0.2, 0.25) is 0 Å². The number of fused-ring (bicyclic) bond motifs is 2. The van der Waals surface area contributed by atoms with Crippen LogP contribution in [0.3, 0.4) is 0 Å². The molecule has 2 aromatic rings. The fourth-order valence-corrected chi connectivity index (χ4v) is 5.15. The van der Waals surface area contributed by atoms with Crippen LogP contribution in [0.1, 0.15) is 42.9 Å². The van der Waals surface area contributed by atoms with Gasteiger partial charge < -0.3 is 4.79 Å². The summed E-state index contributed by atoms with van der Waals surface area (Å²) in [5.41, 5.74) is 2.19. The molecule has 0 spiro atoms. The zero-order valence-corrected chi connectivity index (χ0v) is 15.5. The maximum absolute atomic E-state index is 11.3. The van der Waals surface area contributed by atoms with Crippen LogP contribution in [0.4, 0.5) is 0 Å². The maximum Gasteiger partial charge on any atom is 0.123 e. The minimum absolute atomic E-state index is 0.0347. The van der Waals surface area contributed by atoms with E-state index in [-0.39, 0.29) is 12.0 Å². The van der Waals surface area contributed by atoms with Crippen molar-refractivity contribution < 1.29 is 4.79 Å². The van der Waals surface area contributed by atoms with E-state index in [4.69, 9.17) is 23.2 Å². The lowest BCUT2D eigenvalue weighted by Gasteiger charge is -2.43. The normalized spacial score (nSPS) is 26.1. The summed E-state index contributed by atoms with van der Waals surface area (Å²) in [5, 5.41) is 1.54. The van der Waals surface area contributed by atoms with Gasteiger partial charge in [-0.25, -0.2) is 0 Å². The number of hydrogen-bond donors (Lipinski definition) is 0. The molecule has 2 aliphatic rings. The van der Waals surface area contributed by atoms with Crippen LogP contribution in [-0.4, -0.2) is 23.3 Å². The molecular weight excluding hydrogens is 353 g/mol. The Labute approximate surface area is 158 Å². The lowest BCUT2D eigenvalue weighted by molar-refractivity contribution is -0.113. The highest BCUT2D eigenvalue weighted by atomic mass is 35.5. The van der Waals surface area contributed by atoms with Crippen LogP contribution < -0.4 is 0 Å². The Bertz CT molecular complexity index is 718. The molecule has 4 heteroatoms. The fourth-order valence-electron chi connectivity index (χ4n) is 4.67. The second kappa shape index (κ2) is 7.11. The summed E-state index contributed by atoms with van der Waals surface area (Å²) >= 11 is 13.2. The molecule has 2 nitrogen and oxygen atoms in total. The van der Waals surface area contributed by atoms with E-state index in [0.29, 0.717) is 12.1 Å². The molecular formula is C21H21Cl2NO. The number of nitrogens with zero attached hydrogens (tertiary/aromatic N) is 1. The third kappa shape index (κ3) is 3.12. The molecule has 25 heavy (non-hydrogen) atoms. The van der Waals surface area contributed by atoms with Crippen LogP contribution in [-0.2, 0) is 4.79 Å². The van der Waals surface area contributed by atoms with Gasteiger partial charge >= 0.3 is 0 Å². The van der Waals surface area contributed by atoms with E-state index < -0.39 is 0 Å². The summed E-state index contributed by atoms with van der Waals surface area (Å²) in [6.07, 6.45) is 5.29. The van der Waals surface area contributed by atoms with Crippen molar-refractivity contribution >= 4 is 29.5 Å². The molecule has 130 valence electrons. The summed E-state index contributed by atoms with van der Waals surface area (Å²) in [6.45, 7) is 0. The Morgan fingerprint density at radius 1 is 0.880 bits per heavy atom. The van der Waals surface area contributed by atoms with E-state index in [2.05, 4.69) is 17.0 Å². The molecule has 0 aliphatic carbocycles. The van der Waals surface area contributed by atoms with E-state index in [1.54, 1.807) is 0 Å². The zero-order chi connectivity index (χ0) is 17.4. The lowest BCUT2D eigenvalue weighted by atomic mass is 9.87. The number of rotatable bonds is 4. The van der Waals surface area contributed by atoms with Gasteiger partial charge in [0, 0.05) is 28.0 Å². The summed E-state index contributed by atoms with van der Waals surface area (Å²) in [6, 6.07) is 16.9. The monoisotopic (exact) mass is 373 g/mol. The van der Waals surface area contributed by atoms with Gasteiger partial charge in [-0.1, -0.05) is 59.6 Å². The van der Waals surface area contributed by atoms with Crippen molar-refractivity contribution in [3.05, 3.63) is 69.7 Å². The highest BCUT2D eigenvalue weighted by Crippen LogP contribution is 2.47. The molecule has 0 amide bonds. The van der Waals surface area contributed by atoms with Crippen molar-refractivity contribution in [2.24, 2.45) is 5.92 Å². The Balaban J connectivity index is 1.81. The molecule has 2 aliphatic heterocycles. The van der Waals surface area contributed by atoms with Gasteiger partial charge in [0.05, 0.1) is 6.04 Å². The number of halogens is 2. The summed E-state index contributed by atoms with van der Waals surface area (Å²) in [7, 11) is 0. The first-order valence-corrected chi connectivity index (χ1v) is 9.66. The molecule has 0 N–H and O–H groups in total. The quantitative estimate of drug-likeness (QED) is 0.657. The SMILES string of the molecule is O=CC1CC2CCC(C1)N2C(c1ccccc1Cl)c1ccccc1Cl. The van der Waals surface area contributed by atoms with Crippen molar-refractivity contribution in [2.45, 2.75) is 43.8 Å². The minimum Gasteiger partial charge on any atom is -0.303 e. The van der Waals surface area contributed by atoms with Crippen molar-refractivity contribution in [3.63, 3.8) is 0 Å². The van der Waals surface area contributed by atoms with Gasteiger partial charge in [0.25, 0.3) is 0 Å². The molecule has 2 fully saturated rings. The average molecular weight is 374 g/mol. The predicted octanol–water partition coefficient (Wildman–Crippen LogP) is 5.52. The summed E-state index contributed by atoms with van der Waals surface area (Å²) in [4.78, 5) is 13.9. The molecule has 4 rings (SSSR count). The molecule has 2 aromatic carbocycles. The summed E-state index contributed by atoms with van der Waals surface area (Å²) < 4.78 is 0. The van der Waals surface area contributed by atoms with Crippen molar-refractivity contribution in [3.8, 4) is 0 Å². The third-order valence-electron chi connectivity index (χ3n) is 5.72. The van der Waals surface area contributed by atoms with Crippen molar-refractivity contribution in [1.82, 2.24) is 4.90 Å². The Morgan fingerprint density at radius 2 is 1.36 bits per heavy atom. The largest absolute Gasteiger partial charge is 0.303 e. The van der Waals surface area contributed by atoms with Crippen LogP contribution >= 0.6 is 23.2 Å². The number of carbonyl (C=O) groups is 1. The Hall–Kier alpha value is -1.35. The first-order chi connectivity index (χ1) is 12.2. The van der Waals surface area contributed by atoms with Gasteiger partial charge in [-0.3, -0.25) is 4.90 Å². The number of benzene rings is 2. The first-order valence-electron chi connectivity index (χ1n) is 8.90. The second-order valence-corrected chi connectivity index (χ2v) is 7.96. The van der Waals surface area contributed by atoms with Gasteiger partial charge in [-0.2, -0.15) is 0 Å². The van der Waals surface area contributed by atoms with Gasteiger partial charge in [-0.05, 0) is 48.9 Å². The van der Waals surface area contributed by atoms with E-state index in [1.165, 1.54) is 0 Å². The van der Waals surface area contributed by atoms with Crippen molar-refractivity contribution in [2.75, 3.05) is 0 Å². The lowest BCUT2D eigenvalue weighted by Crippen LogP contribution is -2.45. The Kier molecular flexibility index (Phi) is 4.86. The predicted molar refractivity (Wildman–Crippen MR) is 102 cm³/mol. The molecule has 2 unspecified atom stereocenters. The molecule has 2 atom stereocenters. The molecule has 2 bridgehead atoms. The molecule has 2 saturated heterocycles. The number of hydrogen-bond acceptors (Lipinski definition) is 2. The number of aldehydes is 1. The van der Waals surface area contributed by atoms with Gasteiger partial charge in [0.1, 0.15) is 6.29 Å². The van der Waals surface area contributed by atoms with E-state index in [1.807, 2.05) is 36.4 Å². The molecule has 0 radical (unpaired) electrons. The number of carbonyl (C=O) groups excluding carboxylic acids is 1. The summed E-state index contributed by atoms with van der Waals surface area (Å²) in [5.74, 6) is 0.187. The standard InChI is InChI=1S/C21H21Cl2NO/c22-19-7-3-1-5-17(19)21(18-6-2-4-8-20(18)23)24-15-9-10-16(24)12-14(11-15)13-25/h1-8,13-16,21H,9-12H2. The third-order valence-corrected chi connectivity index (χ3v) is 6.40. The van der Waals surface area contributed by atoms with Crippen LogP contribution in [0.25, 0.3) is 0 Å². The minimum atomic E-state index is 0.0347. The van der Waals surface area contributed by atoms with Crippen molar-refractivity contribution in [1.29, 1.82) is 0 Å². The van der Waals surface area contributed by atoms with Crippen LogP contribution in [0.5, 0.6) is 0 Å². The highest BCUT2D eigenvalue weighted by molar-refractivity contribution is 6.32. The molecule has 0 aromatic heterocycles. The average Bonchev–Trinajstić information content (AvgIpc) is 2.87. The molecule has 0 saturated carbocycles. The second-order valence-electron chi connectivity index (χ2n) is 7.15. The van der Waals surface area contributed by atoms with Crippen LogP contribution in [0, 0.1) is 5.92 Å². The maximum atomic E-state index is 11.3. The zero-order valence-electron chi connectivity index (χ0n) is 13.9. The fraction of sp³-hybridized carbons (Fsp3) is 0.381. The van der Waals surface area contributed by atoms with E-state index >= 15 is 0 Å². The number of piperidine rings is 1. The van der Waals surface area contributed by atoms with E-state index in [9.17, 15) is 4.79 Å². The van der Waals surface area contributed by atoms with Gasteiger partial charge in [0.15, 0.2) is 0 Å². The molecule has 2 heterocycles. The van der Waals surface area contributed by atoms with Crippen LogP contribution in [0.15, 0.2) is 48.5 Å². The van der Waals surface area contributed by atoms with E-state index in [0.717, 1.165) is 53.1 Å². The van der Waals surface area contributed by atoms with Crippen LogP contribution in [0.2, 0.25) is 10.0 Å². The smallest absolute Gasteiger partial charge is 0.123 e.